The maximum Gasteiger partial charge on any atom is 0.342 e. The third-order valence-electron chi connectivity index (χ3n) is 4.72. The molecule has 1 aliphatic heterocycles. The Morgan fingerprint density at radius 1 is 1.14 bits per heavy atom. The number of amides is 1. The first-order valence-corrected chi connectivity index (χ1v) is 9.60. The standard InChI is InChI=1S/C21H23ClN2O4/c22-16-6-7-18(19(25)12-16)21(27)28-14-20(26)23-17-8-10-24(11-9-17)13-15-4-2-1-3-5-15/h1-7,12,17,25H,8-11,13-14H2,(H,23,26). The zero-order chi connectivity index (χ0) is 19.9. The van der Waals surface area contributed by atoms with Gasteiger partial charge in [0.2, 0.25) is 0 Å². The molecule has 1 amide bonds. The van der Waals surface area contributed by atoms with Crippen molar-refractivity contribution >= 4 is 23.5 Å². The van der Waals surface area contributed by atoms with Crippen molar-refractivity contribution in [1.29, 1.82) is 0 Å². The highest BCUT2D eigenvalue weighted by molar-refractivity contribution is 6.30. The van der Waals surface area contributed by atoms with E-state index in [2.05, 4.69) is 22.3 Å². The minimum Gasteiger partial charge on any atom is -0.507 e. The molecule has 2 aromatic rings. The molecule has 0 bridgehead atoms. The predicted octanol–water partition coefficient (Wildman–Crippen LogP) is 2.98. The summed E-state index contributed by atoms with van der Waals surface area (Å²) in [5.41, 5.74) is 1.26. The third-order valence-corrected chi connectivity index (χ3v) is 4.95. The van der Waals surface area contributed by atoms with Crippen LogP contribution in [0.2, 0.25) is 5.02 Å². The molecule has 0 atom stereocenters. The van der Waals surface area contributed by atoms with E-state index in [0.717, 1.165) is 32.5 Å². The van der Waals surface area contributed by atoms with E-state index in [1.54, 1.807) is 0 Å². The van der Waals surface area contributed by atoms with Crippen molar-refractivity contribution in [2.45, 2.75) is 25.4 Å². The number of nitrogens with zero attached hydrogens (tertiary/aromatic N) is 1. The average Bonchev–Trinajstić information content (AvgIpc) is 2.68. The lowest BCUT2D eigenvalue weighted by Gasteiger charge is -2.32. The van der Waals surface area contributed by atoms with Crippen LogP contribution >= 0.6 is 11.6 Å². The highest BCUT2D eigenvalue weighted by atomic mass is 35.5. The minimum absolute atomic E-state index is 0.0218. The molecule has 1 saturated heterocycles. The van der Waals surface area contributed by atoms with Crippen molar-refractivity contribution in [2.24, 2.45) is 0 Å². The summed E-state index contributed by atoms with van der Waals surface area (Å²) in [6.45, 7) is 2.32. The summed E-state index contributed by atoms with van der Waals surface area (Å²) in [4.78, 5) is 26.4. The predicted molar refractivity (Wildman–Crippen MR) is 106 cm³/mol. The van der Waals surface area contributed by atoms with Crippen LogP contribution in [-0.4, -0.2) is 47.6 Å². The van der Waals surface area contributed by atoms with Crippen molar-refractivity contribution in [3.63, 3.8) is 0 Å². The summed E-state index contributed by atoms with van der Waals surface area (Å²) in [6.07, 6.45) is 1.70. The number of halogens is 1. The average molecular weight is 403 g/mol. The van der Waals surface area contributed by atoms with Crippen molar-refractivity contribution in [3.8, 4) is 5.75 Å². The third kappa shape index (κ3) is 5.71. The van der Waals surface area contributed by atoms with Gasteiger partial charge in [-0.25, -0.2) is 4.79 Å². The molecule has 6 nitrogen and oxygen atoms in total. The number of aromatic hydroxyl groups is 1. The molecule has 1 fully saturated rings. The Labute approximate surface area is 169 Å². The summed E-state index contributed by atoms with van der Waals surface area (Å²) >= 11 is 5.73. The summed E-state index contributed by atoms with van der Waals surface area (Å²) in [5, 5.41) is 12.9. The van der Waals surface area contributed by atoms with E-state index in [1.807, 2.05) is 18.2 Å². The largest absolute Gasteiger partial charge is 0.507 e. The van der Waals surface area contributed by atoms with Gasteiger partial charge in [0.1, 0.15) is 11.3 Å². The van der Waals surface area contributed by atoms with Gasteiger partial charge in [-0.2, -0.15) is 0 Å². The molecule has 0 spiro atoms. The molecule has 28 heavy (non-hydrogen) atoms. The van der Waals surface area contributed by atoms with Gasteiger partial charge in [-0.1, -0.05) is 41.9 Å². The molecule has 3 rings (SSSR count). The molecule has 0 aromatic heterocycles. The number of phenolic OH excluding ortho intramolecular Hbond substituents is 1. The highest BCUT2D eigenvalue weighted by Gasteiger charge is 2.21. The maximum atomic E-state index is 12.1. The van der Waals surface area contributed by atoms with E-state index in [1.165, 1.54) is 23.8 Å². The Bertz CT molecular complexity index is 820. The highest BCUT2D eigenvalue weighted by Crippen LogP contribution is 2.22. The van der Waals surface area contributed by atoms with Crippen LogP contribution in [0, 0.1) is 0 Å². The Morgan fingerprint density at radius 2 is 1.86 bits per heavy atom. The number of hydrogen-bond acceptors (Lipinski definition) is 5. The Balaban J connectivity index is 1.39. The van der Waals surface area contributed by atoms with Gasteiger partial charge < -0.3 is 15.2 Å². The van der Waals surface area contributed by atoms with Crippen molar-refractivity contribution in [1.82, 2.24) is 10.2 Å². The zero-order valence-electron chi connectivity index (χ0n) is 15.4. The zero-order valence-corrected chi connectivity index (χ0v) is 16.2. The van der Waals surface area contributed by atoms with Crippen LogP contribution in [-0.2, 0) is 16.1 Å². The van der Waals surface area contributed by atoms with E-state index < -0.39 is 5.97 Å². The van der Waals surface area contributed by atoms with E-state index >= 15 is 0 Å². The molecule has 0 saturated carbocycles. The number of hydrogen-bond donors (Lipinski definition) is 2. The number of piperidine rings is 1. The maximum absolute atomic E-state index is 12.1. The number of likely N-dealkylation sites (tertiary alicyclic amines) is 1. The number of nitrogens with one attached hydrogen (secondary N) is 1. The van der Waals surface area contributed by atoms with Gasteiger partial charge in [-0.3, -0.25) is 9.69 Å². The summed E-state index contributed by atoms with van der Waals surface area (Å²) in [6, 6.07) is 14.5. The second-order valence-corrected chi connectivity index (χ2v) is 7.28. The van der Waals surface area contributed by atoms with Crippen LogP contribution in [0.25, 0.3) is 0 Å². The molecular weight excluding hydrogens is 380 g/mol. The molecule has 148 valence electrons. The number of esters is 1. The first-order valence-electron chi connectivity index (χ1n) is 9.22. The summed E-state index contributed by atoms with van der Waals surface area (Å²) in [5.74, 6) is -1.38. The molecule has 0 radical (unpaired) electrons. The van der Waals surface area contributed by atoms with Gasteiger partial charge in [-0.15, -0.1) is 0 Å². The van der Waals surface area contributed by atoms with Gasteiger partial charge >= 0.3 is 5.97 Å². The van der Waals surface area contributed by atoms with Gasteiger partial charge in [0.25, 0.3) is 5.91 Å². The SMILES string of the molecule is O=C(COC(=O)c1ccc(Cl)cc1O)NC1CCN(Cc2ccccc2)CC1. The van der Waals surface area contributed by atoms with Crippen LogP contribution < -0.4 is 5.32 Å². The fourth-order valence-corrected chi connectivity index (χ4v) is 3.40. The molecule has 0 aliphatic carbocycles. The van der Waals surface area contributed by atoms with Crippen LogP contribution in [0.1, 0.15) is 28.8 Å². The molecule has 1 heterocycles. The number of ether oxygens (including phenoxy) is 1. The number of carbonyl (C=O) groups excluding carboxylic acids is 2. The van der Waals surface area contributed by atoms with Crippen LogP contribution in [0.3, 0.4) is 0 Å². The van der Waals surface area contributed by atoms with E-state index in [-0.39, 0.29) is 29.9 Å². The van der Waals surface area contributed by atoms with E-state index in [4.69, 9.17) is 16.3 Å². The molecule has 1 aliphatic rings. The smallest absolute Gasteiger partial charge is 0.342 e. The summed E-state index contributed by atoms with van der Waals surface area (Å²) in [7, 11) is 0. The fourth-order valence-electron chi connectivity index (χ4n) is 3.23. The normalized spacial score (nSPS) is 15.2. The van der Waals surface area contributed by atoms with Crippen LogP contribution in [0.4, 0.5) is 0 Å². The molecule has 0 unspecified atom stereocenters. The van der Waals surface area contributed by atoms with Crippen molar-refractivity contribution < 1.29 is 19.4 Å². The van der Waals surface area contributed by atoms with Crippen LogP contribution in [0.5, 0.6) is 5.75 Å². The number of carbonyl (C=O) groups is 2. The molecular formula is C21H23ClN2O4. The van der Waals surface area contributed by atoms with Crippen molar-refractivity contribution in [2.75, 3.05) is 19.7 Å². The lowest BCUT2D eigenvalue weighted by Crippen LogP contribution is -2.45. The van der Waals surface area contributed by atoms with Crippen molar-refractivity contribution in [3.05, 3.63) is 64.7 Å². The van der Waals surface area contributed by atoms with Gasteiger partial charge in [0.15, 0.2) is 6.61 Å². The van der Waals surface area contributed by atoms with Crippen LogP contribution in [0.15, 0.2) is 48.5 Å². The number of rotatable bonds is 6. The number of phenols is 1. The fraction of sp³-hybridized carbons (Fsp3) is 0.333. The molecule has 2 aromatic carbocycles. The van der Waals surface area contributed by atoms with E-state index in [0.29, 0.717) is 5.02 Å². The van der Waals surface area contributed by atoms with Gasteiger partial charge in [0, 0.05) is 30.7 Å². The lowest BCUT2D eigenvalue weighted by atomic mass is 10.0. The Kier molecular flexibility index (Phi) is 6.90. The minimum atomic E-state index is -0.762. The first kappa shape index (κ1) is 20.2. The van der Waals surface area contributed by atoms with Gasteiger partial charge in [0.05, 0.1) is 0 Å². The second kappa shape index (κ2) is 9.57. The Hall–Kier alpha value is -2.57. The summed E-state index contributed by atoms with van der Waals surface area (Å²) < 4.78 is 4.99. The van der Waals surface area contributed by atoms with Gasteiger partial charge in [-0.05, 0) is 36.6 Å². The monoisotopic (exact) mass is 402 g/mol. The quantitative estimate of drug-likeness (QED) is 0.726. The molecule has 7 heteroatoms. The first-order chi connectivity index (χ1) is 13.5. The topological polar surface area (TPSA) is 78.9 Å². The Morgan fingerprint density at radius 3 is 2.54 bits per heavy atom. The molecule has 2 N–H and O–H groups in total. The lowest BCUT2D eigenvalue weighted by molar-refractivity contribution is -0.125. The second-order valence-electron chi connectivity index (χ2n) is 6.84. The number of benzene rings is 2. The van der Waals surface area contributed by atoms with E-state index in [9.17, 15) is 14.7 Å².